The molecular formula is C20H31NO2. The second-order valence-electron chi connectivity index (χ2n) is 8.11. The minimum absolute atomic E-state index is 0.187. The number of carbonyl (C=O) groups excluding carboxylic acids is 1. The molecule has 0 radical (unpaired) electrons. The van der Waals surface area contributed by atoms with Gasteiger partial charge in [-0.2, -0.15) is 0 Å². The third-order valence-electron chi connectivity index (χ3n) is 4.81. The molecule has 3 heteroatoms. The molecule has 1 aliphatic rings. The molecule has 0 aliphatic heterocycles. The Kier molecular flexibility index (Phi) is 5.72. The van der Waals surface area contributed by atoms with E-state index in [1.54, 1.807) is 0 Å². The van der Waals surface area contributed by atoms with Gasteiger partial charge in [0.15, 0.2) is 0 Å². The molecule has 0 spiro atoms. The van der Waals surface area contributed by atoms with Gasteiger partial charge in [-0.15, -0.1) is 0 Å². The number of carbonyl (C=O) groups is 1. The topological polar surface area (TPSA) is 29.5 Å². The minimum Gasteiger partial charge on any atom is -0.410 e. The predicted octanol–water partition coefficient (Wildman–Crippen LogP) is 5.50. The van der Waals surface area contributed by atoms with Crippen LogP contribution in [0, 0.1) is 10.8 Å². The lowest BCUT2D eigenvalue weighted by atomic mass is 9.64. The van der Waals surface area contributed by atoms with Gasteiger partial charge in [0.25, 0.3) is 0 Å². The van der Waals surface area contributed by atoms with Gasteiger partial charge in [0.1, 0.15) is 5.75 Å². The Balaban J connectivity index is 2.04. The van der Waals surface area contributed by atoms with Gasteiger partial charge in [-0.05, 0) is 48.6 Å². The number of ether oxygens (including phenoxy) is 1. The molecule has 2 rings (SSSR count). The second-order valence-corrected chi connectivity index (χ2v) is 8.11. The van der Waals surface area contributed by atoms with E-state index < -0.39 is 0 Å². The zero-order valence-corrected chi connectivity index (χ0v) is 15.1. The van der Waals surface area contributed by atoms with E-state index in [1.807, 2.05) is 35.2 Å². The fourth-order valence-electron chi connectivity index (χ4n) is 4.08. The first-order valence-corrected chi connectivity index (χ1v) is 8.85. The second kappa shape index (κ2) is 7.37. The first kappa shape index (κ1) is 17.8. The third kappa shape index (κ3) is 5.26. The molecule has 23 heavy (non-hydrogen) atoms. The van der Waals surface area contributed by atoms with Crippen molar-refractivity contribution in [1.82, 2.24) is 4.90 Å². The number of benzene rings is 1. The number of hydrogen-bond acceptors (Lipinski definition) is 2. The van der Waals surface area contributed by atoms with Crippen LogP contribution >= 0.6 is 0 Å². The van der Waals surface area contributed by atoms with Crippen LogP contribution in [0.4, 0.5) is 4.79 Å². The number of nitrogens with zero attached hydrogens (tertiary/aromatic N) is 1. The Morgan fingerprint density at radius 2 is 1.87 bits per heavy atom. The summed E-state index contributed by atoms with van der Waals surface area (Å²) in [4.78, 5) is 14.5. The molecular weight excluding hydrogens is 286 g/mol. The third-order valence-corrected chi connectivity index (χ3v) is 4.81. The maximum absolute atomic E-state index is 12.6. The Bertz CT molecular complexity index is 512. The van der Waals surface area contributed by atoms with Crippen molar-refractivity contribution < 1.29 is 9.53 Å². The summed E-state index contributed by atoms with van der Waals surface area (Å²) in [7, 11) is 0. The van der Waals surface area contributed by atoms with E-state index in [0.29, 0.717) is 11.2 Å². The summed E-state index contributed by atoms with van der Waals surface area (Å²) < 4.78 is 5.55. The average Bonchev–Trinajstić information content (AvgIpc) is 2.46. The van der Waals surface area contributed by atoms with Gasteiger partial charge in [0.05, 0.1) is 0 Å². The van der Waals surface area contributed by atoms with Gasteiger partial charge in [-0.25, -0.2) is 4.79 Å². The summed E-state index contributed by atoms with van der Waals surface area (Å²) in [6.07, 6.45) is 5.61. The monoisotopic (exact) mass is 317 g/mol. The lowest BCUT2D eigenvalue weighted by molar-refractivity contribution is 0.0575. The molecule has 1 saturated carbocycles. The molecule has 0 aromatic heterocycles. The van der Waals surface area contributed by atoms with Gasteiger partial charge in [-0.1, -0.05) is 52.3 Å². The normalized spacial score (nSPS) is 23.3. The van der Waals surface area contributed by atoms with Gasteiger partial charge >= 0.3 is 6.09 Å². The lowest BCUT2D eigenvalue weighted by Gasteiger charge is -2.45. The summed E-state index contributed by atoms with van der Waals surface area (Å²) in [5.74, 6) is 0.618. The van der Waals surface area contributed by atoms with Crippen LogP contribution in [0.2, 0.25) is 0 Å². The summed E-state index contributed by atoms with van der Waals surface area (Å²) in [6.45, 7) is 10.7. The highest BCUT2D eigenvalue weighted by atomic mass is 16.6. The van der Waals surface area contributed by atoms with E-state index in [2.05, 4.69) is 27.7 Å². The van der Waals surface area contributed by atoms with Crippen molar-refractivity contribution in [2.45, 2.75) is 59.8 Å². The molecule has 1 amide bonds. The van der Waals surface area contributed by atoms with Gasteiger partial charge in [0, 0.05) is 13.1 Å². The van der Waals surface area contributed by atoms with E-state index in [-0.39, 0.29) is 11.5 Å². The molecule has 1 aliphatic carbocycles. The molecule has 1 fully saturated rings. The first-order chi connectivity index (χ1) is 10.8. The zero-order valence-electron chi connectivity index (χ0n) is 15.1. The lowest BCUT2D eigenvalue weighted by Crippen LogP contribution is -2.45. The van der Waals surface area contributed by atoms with Crippen LogP contribution in [-0.4, -0.2) is 24.1 Å². The van der Waals surface area contributed by atoms with Crippen LogP contribution in [0.3, 0.4) is 0 Å². The van der Waals surface area contributed by atoms with E-state index in [0.717, 1.165) is 19.5 Å². The fourth-order valence-corrected chi connectivity index (χ4v) is 4.08. The van der Waals surface area contributed by atoms with Gasteiger partial charge in [-0.3, -0.25) is 0 Å². The van der Waals surface area contributed by atoms with Crippen LogP contribution < -0.4 is 4.74 Å². The highest BCUT2D eigenvalue weighted by molar-refractivity contribution is 5.70. The fraction of sp³-hybridized carbons (Fsp3) is 0.650. The number of rotatable bonds is 5. The van der Waals surface area contributed by atoms with Crippen molar-refractivity contribution in [3.63, 3.8) is 0 Å². The van der Waals surface area contributed by atoms with Crippen molar-refractivity contribution in [3.8, 4) is 5.75 Å². The molecule has 1 aromatic carbocycles. The first-order valence-electron chi connectivity index (χ1n) is 8.85. The zero-order chi connectivity index (χ0) is 16.9. The standard InChI is InChI=1S/C20H31NO2/c1-5-14-21(18(22)23-17-10-7-6-8-11-17)16-20(4)13-9-12-19(2,3)15-20/h6-8,10-11H,5,9,12-16H2,1-4H3. The summed E-state index contributed by atoms with van der Waals surface area (Å²) >= 11 is 0. The SMILES string of the molecule is CCCN(CC1(C)CCCC(C)(C)C1)C(=O)Oc1ccccc1. The molecule has 1 unspecified atom stereocenters. The van der Waals surface area contributed by atoms with Crippen molar-refractivity contribution >= 4 is 6.09 Å². The average molecular weight is 317 g/mol. The maximum atomic E-state index is 12.6. The van der Waals surface area contributed by atoms with Crippen molar-refractivity contribution in [3.05, 3.63) is 30.3 Å². The van der Waals surface area contributed by atoms with Gasteiger partial charge < -0.3 is 9.64 Å². The summed E-state index contributed by atoms with van der Waals surface area (Å²) in [5.41, 5.74) is 0.556. The smallest absolute Gasteiger partial charge is 0.410 e. The molecule has 0 N–H and O–H groups in total. The molecule has 3 nitrogen and oxygen atoms in total. The van der Waals surface area contributed by atoms with Crippen molar-refractivity contribution in [2.75, 3.05) is 13.1 Å². The number of amides is 1. The molecule has 128 valence electrons. The number of hydrogen-bond donors (Lipinski definition) is 0. The highest BCUT2D eigenvalue weighted by Crippen LogP contribution is 2.46. The van der Waals surface area contributed by atoms with E-state index in [9.17, 15) is 4.79 Å². The minimum atomic E-state index is -0.220. The summed E-state index contributed by atoms with van der Waals surface area (Å²) in [6, 6.07) is 9.35. The predicted molar refractivity (Wildman–Crippen MR) is 94.7 cm³/mol. The van der Waals surface area contributed by atoms with Crippen molar-refractivity contribution in [1.29, 1.82) is 0 Å². The largest absolute Gasteiger partial charge is 0.415 e. The Morgan fingerprint density at radius 3 is 2.48 bits per heavy atom. The Hall–Kier alpha value is -1.51. The van der Waals surface area contributed by atoms with Crippen LogP contribution in [-0.2, 0) is 0 Å². The number of para-hydroxylation sites is 1. The molecule has 0 saturated heterocycles. The molecule has 0 heterocycles. The van der Waals surface area contributed by atoms with E-state index >= 15 is 0 Å². The van der Waals surface area contributed by atoms with E-state index in [4.69, 9.17) is 4.74 Å². The molecule has 1 aromatic rings. The molecule has 1 atom stereocenters. The summed E-state index contributed by atoms with van der Waals surface area (Å²) in [5, 5.41) is 0. The van der Waals surface area contributed by atoms with Crippen LogP contribution in [0.5, 0.6) is 5.75 Å². The van der Waals surface area contributed by atoms with Crippen LogP contribution in [0.25, 0.3) is 0 Å². The van der Waals surface area contributed by atoms with Crippen molar-refractivity contribution in [2.24, 2.45) is 10.8 Å². The van der Waals surface area contributed by atoms with Crippen LogP contribution in [0.1, 0.15) is 59.8 Å². The highest BCUT2D eigenvalue weighted by Gasteiger charge is 2.38. The quantitative estimate of drug-likeness (QED) is 0.717. The molecule has 0 bridgehead atoms. The van der Waals surface area contributed by atoms with E-state index in [1.165, 1.54) is 25.7 Å². The maximum Gasteiger partial charge on any atom is 0.415 e. The van der Waals surface area contributed by atoms with Crippen LogP contribution in [0.15, 0.2) is 30.3 Å². The Morgan fingerprint density at radius 1 is 1.17 bits per heavy atom. The van der Waals surface area contributed by atoms with Gasteiger partial charge in [0.2, 0.25) is 0 Å². The Labute approximate surface area is 141 Å².